The van der Waals surface area contributed by atoms with Crippen molar-refractivity contribution < 1.29 is 18.8 Å². The number of nitrogens with zero attached hydrogens (tertiary/aromatic N) is 1. The first-order valence-electron chi connectivity index (χ1n) is 5.38. The molecule has 0 aliphatic carbocycles. The summed E-state index contributed by atoms with van der Waals surface area (Å²) in [6, 6.07) is 7.27. The molecule has 102 valence electrons. The average molecular weight is 296 g/mol. The molecule has 0 N–H and O–H groups in total. The van der Waals surface area contributed by atoms with Gasteiger partial charge in [0.2, 0.25) is 0 Å². The summed E-state index contributed by atoms with van der Waals surface area (Å²) in [5.41, 5.74) is -0.212. The van der Waals surface area contributed by atoms with E-state index in [-0.39, 0.29) is 27.8 Å². The van der Waals surface area contributed by atoms with Crippen molar-refractivity contribution in [1.82, 2.24) is 0 Å². The number of benzene rings is 2. The molecule has 2 aromatic rings. The Morgan fingerprint density at radius 2 is 2.00 bits per heavy atom. The molecule has 7 heteroatoms. The standard InChI is InChI=1S/C13H7ClFNO4/c14-11-6-10(2-3-12(11)15)20-13-4-1-9(16(18)19)5-8(13)7-17/h1-7H. The van der Waals surface area contributed by atoms with Crippen LogP contribution >= 0.6 is 11.6 Å². The lowest BCUT2D eigenvalue weighted by Gasteiger charge is -2.08. The van der Waals surface area contributed by atoms with Gasteiger partial charge in [0, 0.05) is 18.2 Å². The molecule has 0 aromatic heterocycles. The van der Waals surface area contributed by atoms with Crippen molar-refractivity contribution in [2.75, 3.05) is 0 Å². The maximum absolute atomic E-state index is 13.0. The fourth-order valence-electron chi connectivity index (χ4n) is 1.50. The van der Waals surface area contributed by atoms with Crippen LogP contribution in [0.1, 0.15) is 10.4 Å². The Morgan fingerprint density at radius 1 is 1.25 bits per heavy atom. The molecule has 0 spiro atoms. The Labute approximate surface area is 117 Å². The highest BCUT2D eigenvalue weighted by molar-refractivity contribution is 6.30. The Bertz CT molecular complexity index is 690. The Morgan fingerprint density at radius 3 is 2.60 bits per heavy atom. The molecule has 0 radical (unpaired) electrons. The summed E-state index contributed by atoms with van der Waals surface area (Å²) >= 11 is 5.61. The smallest absolute Gasteiger partial charge is 0.270 e. The molecule has 0 unspecified atom stereocenters. The molecule has 5 nitrogen and oxygen atoms in total. The van der Waals surface area contributed by atoms with Crippen LogP contribution in [0, 0.1) is 15.9 Å². The summed E-state index contributed by atoms with van der Waals surface area (Å²) in [4.78, 5) is 20.9. The molecular formula is C13H7ClFNO4. The minimum atomic E-state index is -0.620. The van der Waals surface area contributed by atoms with Crippen LogP contribution in [-0.4, -0.2) is 11.2 Å². The van der Waals surface area contributed by atoms with Crippen LogP contribution in [0.25, 0.3) is 0 Å². The first kappa shape index (κ1) is 14.0. The van der Waals surface area contributed by atoms with Crippen molar-refractivity contribution >= 4 is 23.6 Å². The monoisotopic (exact) mass is 295 g/mol. The fourth-order valence-corrected chi connectivity index (χ4v) is 1.67. The van der Waals surface area contributed by atoms with Crippen molar-refractivity contribution in [3.05, 3.63) is 62.9 Å². The fraction of sp³-hybridized carbons (Fsp3) is 0. The number of nitro benzene ring substituents is 1. The van der Waals surface area contributed by atoms with Gasteiger partial charge in [-0.2, -0.15) is 0 Å². The second-order valence-electron chi connectivity index (χ2n) is 3.78. The van der Waals surface area contributed by atoms with E-state index in [9.17, 15) is 19.3 Å². The second-order valence-corrected chi connectivity index (χ2v) is 4.18. The lowest BCUT2D eigenvalue weighted by molar-refractivity contribution is -0.384. The van der Waals surface area contributed by atoms with Crippen molar-refractivity contribution in [2.45, 2.75) is 0 Å². The number of nitro groups is 1. The van der Waals surface area contributed by atoms with Crippen LogP contribution in [0.2, 0.25) is 5.02 Å². The third kappa shape index (κ3) is 2.92. The quantitative estimate of drug-likeness (QED) is 0.486. The number of ether oxygens (including phenoxy) is 1. The van der Waals surface area contributed by atoms with Gasteiger partial charge in [-0.15, -0.1) is 0 Å². The highest BCUT2D eigenvalue weighted by atomic mass is 35.5. The number of aldehydes is 1. The van der Waals surface area contributed by atoms with Crippen molar-refractivity contribution in [2.24, 2.45) is 0 Å². The summed E-state index contributed by atoms with van der Waals surface area (Å²) in [7, 11) is 0. The largest absolute Gasteiger partial charge is 0.457 e. The van der Waals surface area contributed by atoms with Gasteiger partial charge in [0.25, 0.3) is 5.69 Å². The van der Waals surface area contributed by atoms with E-state index in [0.29, 0.717) is 6.29 Å². The number of halogens is 2. The molecule has 20 heavy (non-hydrogen) atoms. The predicted molar refractivity (Wildman–Crippen MR) is 70.0 cm³/mol. The third-order valence-corrected chi connectivity index (χ3v) is 2.74. The molecular weight excluding hydrogens is 289 g/mol. The van der Waals surface area contributed by atoms with Gasteiger partial charge >= 0.3 is 0 Å². The summed E-state index contributed by atoms with van der Waals surface area (Å²) < 4.78 is 18.4. The van der Waals surface area contributed by atoms with Crippen LogP contribution in [-0.2, 0) is 0 Å². The average Bonchev–Trinajstić information content (AvgIpc) is 2.43. The van der Waals surface area contributed by atoms with Gasteiger partial charge < -0.3 is 4.74 Å². The predicted octanol–water partition coefficient (Wildman–Crippen LogP) is 3.99. The number of hydrogen-bond donors (Lipinski definition) is 0. The van der Waals surface area contributed by atoms with Gasteiger partial charge in [0.1, 0.15) is 17.3 Å². The zero-order chi connectivity index (χ0) is 14.7. The van der Waals surface area contributed by atoms with Gasteiger partial charge in [-0.3, -0.25) is 14.9 Å². The minimum absolute atomic E-state index is 0.0136. The van der Waals surface area contributed by atoms with Gasteiger partial charge in [0.05, 0.1) is 15.5 Å². The number of non-ortho nitro benzene ring substituents is 1. The van der Waals surface area contributed by atoms with Gasteiger partial charge in [-0.1, -0.05) is 11.6 Å². The summed E-state index contributed by atoms with van der Waals surface area (Å²) in [6.07, 6.45) is 0.438. The molecule has 0 bridgehead atoms. The normalized spacial score (nSPS) is 10.1. The molecule has 0 heterocycles. The lowest BCUT2D eigenvalue weighted by atomic mass is 10.2. The van der Waals surface area contributed by atoms with E-state index in [4.69, 9.17) is 16.3 Å². The molecule has 0 aliphatic rings. The highest BCUT2D eigenvalue weighted by Gasteiger charge is 2.12. The van der Waals surface area contributed by atoms with Crippen LogP contribution in [0.3, 0.4) is 0 Å². The van der Waals surface area contributed by atoms with E-state index >= 15 is 0 Å². The van der Waals surface area contributed by atoms with Gasteiger partial charge in [0.15, 0.2) is 6.29 Å². The van der Waals surface area contributed by atoms with Crippen LogP contribution in [0.15, 0.2) is 36.4 Å². The number of rotatable bonds is 4. The summed E-state index contributed by atoms with van der Waals surface area (Å²) in [5, 5.41) is 10.5. The zero-order valence-corrected chi connectivity index (χ0v) is 10.6. The second kappa shape index (κ2) is 5.66. The molecule has 0 aliphatic heterocycles. The minimum Gasteiger partial charge on any atom is -0.457 e. The van der Waals surface area contributed by atoms with Crippen LogP contribution in [0.4, 0.5) is 10.1 Å². The molecule has 0 atom stereocenters. The maximum Gasteiger partial charge on any atom is 0.270 e. The first-order valence-corrected chi connectivity index (χ1v) is 5.75. The zero-order valence-electron chi connectivity index (χ0n) is 9.88. The number of carbonyl (C=O) groups is 1. The van der Waals surface area contributed by atoms with Gasteiger partial charge in [-0.05, 0) is 18.2 Å². The molecule has 0 saturated carbocycles. The Hall–Kier alpha value is -2.47. The van der Waals surface area contributed by atoms with E-state index < -0.39 is 10.7 Å². The van der Waals surface area contributed by atoms with Gasteiger partial charge in [-0.25, -0.2) is 4.39 Å². The molecule has 2 rings (SSSR count). The molecule has 0 fully saturated rings. The Kier molecular flexibility index (Phi) is 3.95. The highest BCUT2D eigenvalue weighted by Crippen LogP contribution is 2.29. The molecule has 0 saturated heterocycles. The number of carbonyl (C=O) groups excluding carboxylic acids is 1. The van der Waals surface area contributed by atoms with E-state index in [2.05, 4.69) is 0 Å². The van der Waals surface area contributed by atoms with E-state index in [1.165, 1.54) is 24.3 Å². The van der Waals surface area contributed by atoms with Crippen LogP contribution < -0.4 is 4.74 Å². The van der Waals surface area contributed by atoms with Crippen molar-refractivity contribution in [3.63, 3.8) is 0 Å². The maximum atomic E-state index is 13.0. The van der Waals surface area contributed by atoms with Crippen molar-refractivity contribution in [3.8, 4) is 11.5 Å². The first-order chi connectivity index (χ1) is 9.51. The van der Waals surface area contributed by atoms with E-state index in [1.54, 1.807) is 0 Å². The molecule has 0 amide bonds. The van der Waals surface area contributed by atoms with E-state index in [0.717, 1.165) is 12.1 Å². The van der Waals surface area contributed by atoms with Crippen molar-refractivity contribution in [1.29, 1.82) is 0 Å². The van der Waals surface area contributed by atoms with E-state index in [1.807, 2.05) is 0 Å². The lowest BCUT2D eigenvalue weighted by Crippen LogP contribution is -1.94. The summed E-state index contributed by atoms with van der Waals surface area (Å²) in [6.45, 7) is 0. The summed E-state index contributed by atoms with van der Waals surface area (Å²) in [5.74, 6) is -0.264. The number of hydrogen-bond acceptors (Lipinski definition) is 4. The molecule has 2 aromatic carbocycles. The Balaban J connectivity index is 2.35. The topological polar surface area (TPSA) is 69.4 Å². The third-order valence-electron chi connectivity index (χ3n) is 2.45. The van der Waals surface area contributed by atoms with Crippen LogP contribution in [0.5, 0.6) is 11.5 Å². The SMILES string of the molecule is O=Cc1cc([N+](=O)[O-])ccc1Oc1ccc(F)c(Cl)c1.